The van der Waals surface area contributed by atoms with Crippen molar-refractivity contribution < 1.29 is 9.59 Å². The number of carbonyl (C=O) groups excluding carboxylic acids is 2. The average Bonchev–Trinajstić information content (AvgIpc) is 3.32. The van der Waals surface area contributed by atoms with Gasteiger partial charge in [0.2, 0.25) is 5.91 Å². The summed E-state index contributed by atoms with van der Waals surface area (Å²) in [5, 5.41) is 6.28. The molecule has 0 bridgehead atoms. The van der Waals surface area contributed by atoms with Crippen LogP contribution in [0.4, 0.5) is 4.79 Å². The van der Waals surface area contributed by atoms with Crippen molar-refractivity contribution in [2.24, 2.45) is 0 Å². The second kappa shape index (κ2) is 5.55. The average molecular weight is 313 g/mol. The molecule has 1 saturated carbocycles. The lowest BCUT2D eigenvalue weighted by atomic mass is 9.82. The van der Waals surface area contributed by atoms with Gasteiger partial charge in [-0.05, 0) is 37.7 Å². The maximum atomic E-state index is 12.4. The smallest absolute Gasteiger partial charge is 0.317 e. The summed E-state index contributed by atoms with van der Waals surface area (Å²) in [5.41, 5.74) is 0.962. The van der Waals surface area contributed by atoms with Crippen LogP contribution in [0.3, 0.4) is 0 Å². The monoisotopic (exact) mass is 313 g/mol. The van der Waals surface area contributed by atoms with Crippen molar-refractivity contribution in [3.05, 3.63) is 35.9 Å². The Hall–Kier alpha value is -2.04. The highest BCUT2D eigenvalue weighted by Gasteiger charge is 2.46. The molecule has 1 atom stereocenters. The largest absolute Gasteiger partial charge is 0.350 e. The van der Waals surface area contributed by atoms with Crippen LogP contribution >= 0.6 is 0 Å². The lowest BCUT2D eigenvalue weighted by Crippen LogP contribution is -2.54. The van der Waals surface area contributed by atoms with E-state index in [-0.39, 0.29) is 23.4 Å². The van der Waals surface area contributed by atoms with Gasteiger partial charge in [-0.3, -0.25) is 4.79 Å². The Morgan fingerprint density at radius 2 is 1.87 bits per heavy atom. The second-order valence-corrected chi connectivity index (χ2v) is 7.15. The van der Waals surface area contributed by atoms with E-state index in [1.165, 1.54) is 0 Å². The topological polar surface area (TPSA) is 61.4 Å². The molecule has 2 N–H and O–H groups in total. The Balaban J connectivity index is 1.39. The van der Waals surface area contributed by atoms with E-state index in [2.05, 4.69) is 10.6 Å². The van der Waals surface area contributed by atoms with Crippen LogP contribution in [0.2, 0.25) is 0 Å². The number of carbonyl (C=O) groups is 2. The van der Waals surface area contributed by atoms with Crippen molar-refractivity contribution in [3.63, 3.8) is 0 Å². The van der Waals surface area contributed by atoms with Gasteiger partial charge in [-0.15, -0.1) is 0 Å². The van der Waals surface area contributed by atoms with Gasteiger partial charge >= 0.3 is 6.03 Å². The van der Waals surface area contributed by atoms with E-state index in [1.807, 2.05) is 35.2 Å². The van der Waals surface area contributed by atoms with Crippen LogP contribution in [0.5, 0.6) is 0 Å². The highest BCUT2D eigenvalue weighted by atomic mass is 16.2. The Bertz CT molecular complexity index is 604. The van der Waals surface area contributed by atoms with Gasteiger partial charge in [0.15, 0.2) is 0 Å². The normalized spacial score (nSPS) is 26.2. The van der Waals surface area contributed by atoms with E-state index in [4.69, 9.17) is 0 Å². The maximum absolute atomic E-state index is 12.4. The van der Waals surface area contributed by atoms with Gasteiger partial charge in [0, 0.05) is 24.7 Å². The number of rotatable bonds is 2. The molecule has 5 nitrogen and oxygen atoms in total. The number of nitrogens with one attached hydrogen (secondary N) is 2. The zero-order valence-corrected chi connectivity index (χ0v) is 13.3. The van der Waals surface area contributed by atoms with Crippen LogP contribution in [0.25, 0.3) is 0 Å². The van der Waals surface area contributed by atoms with E-state index in [0.29, 0.717) is 6.04 Å². The van der Waals surface area contributed by atoms with Crippen LogP contribution < -0.4 is 10.6 Å². The minimum Gasteiger partial charge on any atom is -0.350 e. The van der Waals surface area contributed by atoms with Crippen LogP contribution in [0.15, 0.2) is 30.3 Å². The molecule has 122 valence electrons. The van der Waals surface area contributed by atoms with Crippen molar-refractivity contribution in [2.45, 2.75) is 49.6 Å². The van der Waals surface area contributed by atoms with Crippen molar-refractivity contribution in [1.82, 2.24) is 15.5 Å². The first-order valence-electron chi connectivity index (χ1n) is 8.58. The van der Waals surface area contributed by atoms with E-state index < -0.39 is 0 Å². The van der Waals surface area contributed by atoms with Crippen LogP contribution in [-0.4, -0.2) is 41.5 Å². The Labute approximate surface area is 136 Å². The van der Waals surface area contributed by atoms with Gasteiger partial charge in [-0.25, -0.2) is 4.79 Å². The summed E-state index contributed by atoms with van der Waals surface area (Å²) in [4.78, 5) is 26.4. The van der Waals surface area contributed by atoms with Gasteiger partial charge in [0.25, 0.3) is 0 Å². The standard InChI is InChI=1S/C18H23N3O2/c22-16-15(13-4-2-1-3-5-13)12-18(20-16)8-10-21(11-9-18)17(23)19-14-6-7-14/h1-5,14-15H,6-12H2,(H,19,23)(H,20,22)/t15-/m0/s1. The van der Waals surface area contributed by atoms with Gasteiger partial charge < -0.3 is 15.5 Å². The molecule has 4 rings (SSSR count). The van der Waals surface area contributed by atoms with Crippen LogP contribution in [0.1, 0.15) is 43.6 Å². The molecule has 1 aromatic carbocycles. The number of likely N-dealkylation sites (tertiary alicyclic amines) is 1. The molecule has 3 amide bonds. The van der Waals surface area contributed by atoms with E-state index in [0.717, 1.165) is 50.8 Å². The summed E-state index contributed by atoms with van der Waals surface area (Å²) in [7, 11) is 0. The number of hydrogen-bond donors (Lipinski definition) is 2. The van der Waals surface area contributed by atoms with Crippen LogP contribution in [-0.2, 0) is 4.79 Å². The number of amides is 3. The summed E-state index contributed by atoms with van der Waals surface area (Å²) in [6.07, 6.45) is 4.75. The lowest BCUT2D eigenvalue weighted by molar-refractivity contribution is -0.121. The molecule has 2 aliphatic heterocycles. The molecule has 5 heteroatoms. The molecule has 2 saturated heterocycles. The molecule has 1 aliphatic carbocycles. The Morgan fingerprint density at radius 3 is 2.52 bits per heavy atom. The van der Waals surface area contributed by atoms with Crippen molar-refractivity contribution in [1.29, 1.82) is 0 Å². The highest BCUT2D eigenvalue weighted by molar-refractivity contribution is 5.87. The van der Waals surface area contributed by atoms with Gasteiger partial charge in [-0.2, -0.15) is 0 Å². The van der Waals surface area contributed by atoms with E-state index >= 15 is 0 Å². The number of piperidine rings is 1. The summed E-state index contributed by atoms with van der Waals surface area (Å²) >= 11 is 0. The summed E-state index contributed by atoms with van der Waals surface area (Å²) in [5.74, 6) is 0.0788. The Morgan fingerprint density at radius 1 is 1.17 bits per heavy atom. The molecular formula is C18H23N3O2. The van der Waals surface area contributed by atoms with E-state index in [1.54, 1.807) is 0 Å². The molecule has 0 aromatic heterocycles. The molecule has 0 unspecified atom stereocenters. The molecule has 3 aliphatic rings. The predicted octanol–water partition coefficient (Wildman–Crippen LogP) is 2.00. The summed E-state index contributed by atoms with van der Waals surface area (Å²) in [6, 6.07) is 10.5. The van der Waals surface area contributed by atoms with Crippen molar-refractivity contribution in [2.75, 3.05) is 13.1 Å². The SMILES string of the molecule is O=C1NC2(CCN(C(=O)NC3CC3)CC2)C[C@H]1c1ccccc1. The highest BCUT2D eigenvalue weighted by Crippen LogP contribution is 2.39. The van der Waals surface area contributed by atoms with Gasteiger partial charge in [-0.1, -0.05) is 30.3 Å². The maximum Gasteiger partial charge on any atom is 0.317 e. The first kappa shape index (κ1) is 14.5. The first-order chi connectivity index (χ1) is 11.2. The van der Waals surface area contributed by atoms with Crippen LogP contribution in [0, 0.1) is 0 Å². The number of hydrogen-bond acceptors (Lipinski definition) is 2. The first-order valence-corrected chi connectivity index (χ1v) is 8.58. The third kappa shape index (κ3) is 2.92. The quantitative estimate of drug-likeness (QED) is 0.877. The molecule has 1 spiro atoms. The fraction of sp³-hybridized carbons (Fsp3) is 0.556. The number of benzene rings is 1. The zero-order chi connectivity index (χ0) is 15.9. The number of nitrogens with zero attached hydrogens (tertiary/aromatic N) is 1. The number of urea groups is 1. The Kier molecular flexibility index (Phi) is 3.51. The summed E-state index contributed by atoms with van der Waals surface area (Å²) in [6.45, 7) is 1.45. The minimum absolute atomic E-state index is 0.0527. The predicted molar refractivity (Wildman–Crippen MR) is 87.0 cm³/mol. The molecule has 23 heavy (non-hydrogen) atoms. The third-order valence-electron chi connectivity index (χ3n) is 5.41. The second-order valence-electron chi connectivity index (χ2n) is 7.15. The summed E-state index contributed by atoms with van der Waals surface area (Å²) < 4.78 is 0. The zero-order valence-electron chi connectivity index (χ0n) is 13.3. The minimum atomic E-state index is -0.131. The van der Waals surface area contributed by atoms with Crippen molar-refractivity contribution >= 4 is 11.9 Å². The van der Waals surface area contributed by atoms with E-state index in [9.17, 15) is 9.59 Å². The molecule has 2 heterocycles. The van der Waals surface area contributed by atoms with Gasteiger partial charge in [0.1, 0.15) is 0 Å². The van der Waals surface area contributed by atoms with Gasteiger partial charge in [0.05, 0.1) is 5.92 Å². The molecule has 0 radical (unpaired) electrons. The third-order valence-corrected chi connectivity index (χ3v) is 5.41. The molecular weight excluding hydrogens is 290 g/mol. The lowest BCUT2D eigenvalue weighted by Gasteiger charge is -2.39. The molecule has 3 fully saturated rings. The van der Waals surface area contributed by atoms with Crippen molar-refractivity contribution in [3.8, 4) is 0 Å². The fourth-order valence-corrected chi connectivity index (χ4v) is 3.80. The fourth-order valence-electron chi connectivity index (χ4n) is 3.80. The molecule has 1 aromatic rings.